The van der Waals surface area contributed by atoms with Crippen molar-refractivity contribution >= 4 is 17.6 Å². The summed E-state index contributed by atoms with van der Waals surface area (Å²) in [6, 6.07) is 3.29. The van der Waals surface area contributed by atoms with E-state index in [4.69, 9.17) is 9.84 Å². The number of carbonyl (C=O) groups is 2. The molecule has 108 valence electrons. The van der Waals surface area contributed by atoms with Gasteiger partial charge in [0.25, 0.3) is 0 Å². The van der Waals surface area contributed by atoms with Gasteiger partial charge in [0, 0.05) is 6.61 Å². The summed E-state index contributed by atoms with van der Waals surface area (Å²) in [4.78, 5) is 23.1. The van der Waals surface area contributed by atoms with Gasteiger partial charge in [0.2, 0.25) is 5.91 Å². The highest BCUT2D eigenvalue weighted by atomic mass is 19.1. The van der Waals surface area contributed by atoms with Crippen LogP contribution < -0.4 is 5.32 Å². The van der Waals surface area contributed by atoms with Crippen LogP contribution in [0.2, 0.25) is 0 Å². The second kappa shape index (κ2) is 5.58. The van der Waals surface area contributed by atoms with Crippen LogP contribution in [0.25, 0.3) is 0 Å². The number of ether oxygens (including phenoxy) is 1. The van der Waals surface area contributed by atoms with Crippen LogP contribution in [-0.4, -0.2) is 30.2 Å². The number of hydrogen-bond acceptors (Lipinski definition) is 3. The fourth-order valence-electron chi connectivity index (χ4n) is 2.14. The van der Waals surface area contributed by atoms with Gasteiger partial charge in [0.15, 0.2) is 0 Å². The van der Waals surface area contributed by atoms with Gasteiger partial charge in [-0.25, -0.2) is 9.18 Å². The predicted molar refractivity (Wildman–Crippen MR) is 70.1 cm³/mol. The second-order valence-corrected chi connectivity index (χ2v) is 5.17. The molecule has 1 aliphatic heterocycles. The number of benzene rings is 1. The van der Waals surface area contributed by atoms with Gasteiger partial charge in [-0.3, -0.25) is 4.79 Å². The maximum absolute atomic E-state index is 13.6. The van der Waals surface area contributed by atoms with Crippen LogP contribution in [-0.2, 0) is 9.53 Å². The SMILES string of the molecule is CC1(C(=O)Nc2cc(C(=O)O)ccc2F)CCCOC1. The molecule has 0 aliphatic carbocycles. The van der Waals surface area contributed by atoms with E-state index in [1.807, 2.05) is 0 Å². The minimum absolute atomic E-state index is 0.0771. The smallest absolute Gasteiger partial charge is 0.335 e. The van der Waals surface area contributed by atoms with Crippen molar-refractivity contribution in [3.63, 3.8) is 0 Å². The first-order valence-electron chi connectivity index (χ1n) is 6.34. The van der Waals surface area contributed by atoms with Gasteiger partial charge >= 0.3 is 5.97 Å². The first kappa shape index (κ1) is 14.5. The lowest BCUT2D eigenvalue weighted by molar-refractivity contribution is -0.131. The van der Waals surface area contributed by atoms with Crippen molar-refractivity contribution in [3.05, 3.63) is 29.6 Å². The average molecular weight is 281 g/mol. The normalized spacial score (nSPS) is 22.3. The molecule has 1 unspecified atom stereocenters. The molecule has 1 amide bonds. The fraction of sp³-hybridized carbons (Fsp3) is 0.429. The summed E-state index contributed by atoms with van der Waals surface area (Å²) in [5, 5.41) is 11.3. The van der Waals surface area contributed by atoms with Gasteiger partial charge in [-0.1, -0.05) is 0 Å². The zero-order chi connectivity index (χ0) is 14.8. The van der Waals surface area contributed by atoms with Gasteiger partial charge < -0.3 is 15.2 Å². The minimum atomic E-state index is -1.17. The Balaban J connectivity index is 2.18. The van der Waals surface area contributed by atoms with Crippen molar-refractivity contribution in [1.82, 2.24) is 0 Å². The summed E-state index contributed by atoms with van der Waals surface area (Å²) in [6.45, 7) is 2.64. The van der Waals surface area contributed by atoms with E-state index in [1.165, 1.54) is 0 Å². The van der Waals surface area contributed by atoms with E-state index in [0.29, 0.717) is 13.0 Å². The number of halogens is 1. The van der Waals surface area contributed by atoms with E-state index in [2.05, 4.69) is 5.32 Å². The highest BCUT2D eigenvalue weighted by molar-refractivity contribution is 5.97. The third-order valence-electron chi connectivity index (χ3n) is 3.45. The van der Waals surface area contributed by atoms with Crippen molar-refractivity contribution in [2.75, 3.05) is 18.5 Å². The van der Waals surface area contributed by atoms with Crippen LogP contribution in [0, 0.1) is 11.2 Å². The number of amides is 1. The summed E-state index contributed by atoms with van der Waals surface area (Å²) < 4.78 is 18.9. The molecule has 1 atom stereocenters. The van der Waals surface area contributed by atoms with Crippen molar-refractivity contribution in [1.29, 1.82) is 0 Å². The van der Waals surface area contributed by atoms with Crippen LogP contribution >= 0.6 is 0 Å². The molecule has 1 heterocycles. The molecule has 0 spiro atoms. The molecule has 1 saturated heterocycles. The molecule has 2 rings (SSSR count). The van der Waals surface area contributed by atoms with Gasteiger partial charge in [-0.05, 0) is 38.0 Å². The Hall–Kier alpha value is -1.95. The number of anilines is 1. The van der Waals surface area contributed by atoms with Gasteiger partial charge in [-0.15, -0.1) is 0 Å². The van der Waals surface area contributed by atoms with Crippen molar-refractivity contribution < 1.29 is 23.8 Å². The van der Waals surface area contributed by atoms with Gasteiger partial charge in [0.1, 0.15) is 5.82 Å². The van der Waals surface area contributed by atoms with Crippen LogP contribution in [0.1, 0.15) is 30.1 Å². The molecular weight excluding hydrogens is 265 g/mol. The zero-order valence-corrected chi connectivity index (χ0v) is 11.1. The molecule has 2 N–H and O–H groups in total. The third kappa shape index (κ3) is 2.96. The zero-order valence-electron chi connectivity index (χ0n) is 11.1. The van der Waals surface area contributed by atoms with E-state index in [1.54, 1.807) is 6.92 Å². The molecule has 1 fully saturated rings. The molecule has 20 heavy (non-hydrogen) atoms. The number of nitrogens with one attached hydrogen (secondary N) is 1. The second-order valence-electron chi connectivity index (χ2n) is 5.17. The van der Waals surface area contributed by atoms with Crippen LogP contribution in [0.4, 0.5) is 10.1 Å². The Morgan fingerprint density at radius 2 is 2.20 bits per heavy atom. The molecule has 5 nitrogen and oxygen atoms in total. The number of hydrogen-bond donors (Lipinski definition) is 2. The Bertz CT molecular complexity index is 538. The van der Waals surface area contributed by atoms with Crippen molar-refractivity contribution in [2.24, 2.45) is 5.41 Å². The lowest BCUT2D eigenvalue weighted by Crippen LogP contribution is -2.40. The van der Waals surface area contributed by atoms with Gasteiger partial charge in [-0.2, -0.15) is 0 Å². The molecule has 0 radical (unpaired) electrons. The number of carboxylic acid groups (broad SMARTS) is 1. The maximum Gasteiger partial charge on any atom is 0.335 e. The summed E-state index contributed by atoms with van der Waals surface area (Å²) in [5.74, 6) is -2.20. The lowest BCUT2D eigenvalue weighted by Gasteiger charge is -2.31. The molecule has 0 bridgehead atoms. The van der Waals surface area contributed by atoms with Crippen molar-refractivity contribution in [2.45, 2.75) is 19.8 Å². The van der Waals surface area contributed by atoms with Crippen LogP contribution in [0.15, 0.2) is 18.2 Å². The fourth-order valence-corrected chi connectivity index (χ4v) is 2.14. The van der Waals surface area contributed by atoms with Gasteiger partial charge in [0.05, 0.1) is 23.3 Å². The van der Waals surface area contributed by atoms with E-state index in [-0.39, 0.29) is 23.8 Å². The number of aromatic carboxylic acids is 1. The monoisotopic (exact) mass is 281 g/mol. The Labute approximate surface area is 115 Å². The van der Waals surface area contributed by atoms with E-state index < -0.39 is 17.2 Å². The maximum atomic E-state index is 13.6. The molecule has 1 aromatic carbocycles. The standard InChI is InChI=1S/C14H16FNO4/c1-14(5-2-6-20-8-14)13(19)16-11-7-9(12(17)18)3-4-10(11)15/h3-4,7H,2,5-6,8H2,1H3,(H,16,19)(H,17,18). The van der Waals surface area contributed by atoms with E-state index >= 15 is 0 Å². The predicted octanol–water partition coefficient (Wildman–Crippen LogP) is 2.28. The summed E-state index contributed by atoms with van der Waals surface area (Å²) in [7, 11) is 0. The topological polar surface area (TPSA) is 75.6 Å². The lowest BCUT2D eigenvalue weighted by atomic mass is 9.84. The van der Waals surface area contributed by atoms with Crippen molar-refractivity contribution in [3.8, 4) is 0 Å². The van der Waals surface area contributed by atoms with Crippen LogP contribution in [0.3, 0.4) is 0 Å². The minimum Gasteiger partial charge on any atom is -0.478 e. The highest BCUT2D eigenvalue weighted by Crippen LogP contribution is 2.30. The number of carboxylic acids is 1. The third-order valence-corrected chi connectivity index (χ3v) is 3.45. The number of carbonyl (C=O) groups excluding carboxylic acids is 1. The summed E-state index contributed by atoms with van der Waals surface area (Å²) in [5.41, 5.74) is -0.919. The summed E-state index contributed by atoms with van der Waals surface area (Å²) in [6.07, 6.45) is 1.42. The molecule has 6 heteroatoms. The Morgan fingerprint density at radius 3 is 2.80 bits per heavy atom. The van der Waals surface area contributed by atoms with E-state index in [9.17, 15) is 14.0 Å². The highest BCUT2D eigenvalue weighted by Gasteiger charge is 2.35. The molecule has 0 aromatic heterocycles. The quantitative estimate of drug-likeness (QED) is 0.891. The Kier molecular flexibility index (Phi) is 4.04. The largest absolute Gasteiger partial charge is 0.478 e. The van der Waals surface area contributed by atoms with E-state index in [0.717, 1.165) is 24.6 Å². The average Bonchev–Trinajstić information content (AvgIpc) is 2.41. The first-order valence-corrected chi connectivity index (χ1v) is 6.34. The number of rotatable bonds is 3. The molecule has 1 aromatic rings. The summed E-state index contributed by atoms with van der Waals surface area (Å²) >= 11 is 0. The molecular formula is C14H16FNO4. The van der Waals surface area contributed by atoms with Crippen LogP contribution in [0.5, 0.6) is 0 Å². The molecule has 0 saturated carbocycles. The Morgan fingerprint density at radius 1 is 1.45 bits per heavy atom. The first-order chi connectivity index (χ1) is 9.42. The molecule has 1 aliphatic rings.